The van der Waals surface area contributed by atoms with Gasteiger partial charge in [-0.15, -0.1) is 0 Å². The van der Waals surface area contributed by atoms with Crippen LogP contribution in [-0.4, -0.2) is 11.6 Å². The lowest BCUT2D eigenvalue weighted by Crippen LogP contribution is -2.19. The van der Waals surface area contributed by atoms with Crippen LogP contribution >= 0.6 is 0 Å². The average Bonchev–Trinajstić information content (AvgIpc) is 2.52. The van der Waals surface area contributed by atoms with Crippen LogP contribution in [0.2, 0.25) is 0 Å². The van der Waals surface area contributed by atoms with Gasteiger partial charge >= 0.3 is 0 Å². The van der Waals surface area contributed by atoms with E-state index in [2.05, 4.69) is 17.2 Å². The Morgan fingerprint density at radius 2 is 2.05 bits per heavy atom. The van der Waals surface area contributed by atoms with Gasteiger partial charge in [-0.3, -0.25) is 4.98 Å². The van der Waals surface area contributed by atoms with Crippen molar-refractivity contribution in [1.29, 1.82) is 5.26 Å². The van der Waals surface area contributed by atoms with E-state index in [0.717, 1.165) is 17.0 Å². The minimum Gasteiger partial charge on any atom is -0.478 e. The predicted molar refractivity (Wildman–Crippen MR) is 77.0 cm³/mol. The van der Waals surface area contributed by atoms with E-state index in [1.54, 1.807) is 6.20 Å². The van der Waals surface area contributed by atoms with Gasteiger partial charge in [-0.2, -0.15) is 5.26 Å². The maximum Gasteiger partial charge on any atom is 0.174 e. The zero-order valence-electron chi connectivity index (χ0n) is 11.4. The van der Waals surface area contributed by atoms with Crippen LogP contribution < -0.4 is 10.1 Å². The molecule has 102 valence electrons. The summed E-state index contributed by atoms with van der Waals surface area (Å²) in [6, 6.07) is 15.7. The maximum atomic E-state index is 8.59. The summed E-state index contributed by atoms with van der Waals surface area (Å²) in [4.78, 5) is 4.33. The number of nitriles is 1. The van der Waals surface area contributed by atoms with Crippen molar-refractivity contribution in [2.75, 3.05) is 6.61 Å². The van der Waals surface area contributed by atoms with Crippen LogP contribution in [0, 0.1) is 11.3 Å². The Morgan fingerprint density at radius 3 is 2.80 bits per heavy atom. The molecule has 1 N–H and O–H groups in total. The van der Waals surface area contributed by atoms with E-state index < -0.39 is 0 Å². The van der Waals surface area contributed by atoms with Crippen LogP contribution in [-0.2, 0) is 6.54 Å². The van der Waals surface area contributed by atoms with E-state index in [9.17, 15) is 0 Å². The Hall–Kier alpha value is -2.38. The number of ether oxygens (including phenoxy) is 1. The van der Waals surface area contributed by atoms with Crippen molar-refractivity contribution in [2.24, 2.45) is 0 Å². The first kappa shape index (κ1) is 14.0. The molecule has 0 bridgehead atoms. The van der Waals surface area contributed by atoms with E-state index in [-0.39, 0.29) is 12.6 Å². The molecule has 0 radical (unpaired) electrons. The fourth-order valence-corrected chi connectivity index (χ4v) is 1.90. The second kappa shape index (κ2) is 7.27. The van der Waals surface area contributed by atoms with Gasteiger partial charge in [-0.25, -0.2) is 0 Å². The van der Waals surface area contributed by atoms with E-state index in [1.807, 2.05) is 48.5 Å². The molecule has 0 aliphatic heterocycles. The average molecular weight is 267 g/mol. The van der Waals surface area contributed by atoms with Gasteiger partial charge in [0.2, 0.25) is 0 Å². The summed E-state index contributed by atoms with van der Waals surface area (Å²) in [5.41, 5.74) is 2.04. The van der Waals surface area contributed by atoms with E-state index in [4.69, 9.17) is 10.00 Å². The van der Waals surface area contributed by atoms with Gasteiger partial charge in [-0.1, -0.05) is 24.3 Å². The summed E-state index contributed by atoms with van der Waals surface area (Å²) in [6.07, 6.45) is 1.79. The number of rotatable bonds is 6. The lowest BCUT2D eigenvalue weighted by molar-refractivity contribution is 0.361. The highest BCUT2D eigenvalue weighted by Crippen LogP contribution is 2.19. The van der Waals surface area contributed by atoms with Crippen molar-refractivity contribution in [2.45, 2.75) is 19.5 Å². The summed E-state index contributed by atoms with van der Waals surface area (Å²) in [7, 11) is 0. The third kappa shape index (κ3) is 3.81. The van der Waals surface area contributed by atoms with Crippen LogP contribution in [0.25, 0.3) is 0 Å². The van der Waals surface area contributed by atoms with Crippen LogP contribution in [0.15, 0.2) is 48.7 Å². The van der Waals surface area contributed by atoms with Gasteiger partial charge in [0.1, 0.15) is 11.8 Å². The molecule has 1 aromatic carbocycles. The molecule has 0 amide bonds. The predicted octanol–water partition coefficient (Wildman–Crippen LogP) is 2.83. The zero-order valence-corrected chi connectivity index (χ0v) is 11.4. The lowest BCUT2D eigenvalue weighted by atomic mass is 10.1. The van der Waals surface area contributed by atoms with Gasteiger partial charge < -0.3 is 10.1 Å². The molecule has 0 spiro atoms. The largest absolute Gasteiger partial charge is 0.478 e. The number of nitrogens with one attached hydrogen (secondary N) is 1. The standard InChI is InChI=1S/C16H17N3O/c1-13(15-7-4-5-10-18-15)19-12-14-6-2-3-8-16(14)20-11-9-17/h2-8,10,13,19H,11-12H2,1H3/t13-/m0/s1. The molecule has 1 atom stereocenters. The quantitative estimate of drug-likeness (QED) is 0.874. The highest BCUT2D eigenvalue weighted by atomic mass is 16.5. The number of benzene rings is 1. The Kier molecular flexibility index (Phi) is 5.10. The molecule has 0 aliphatic carbocycles. The molecular formula is C16H17N3O. The highest BCUT2D eigenvalue weighted by molar-refractivity contribution is 5.33. The van der Waals surface area contributed by atoms with Crippen LogP contribution in [0.3, 0.4) is 0 Å². The Balaban J connectivity index is 1.99. The molecule has 0 fully saturated rings. The zero-order chi connectivity index (χ0) is 14.2. The number of aromatic nitrogens is 1. The number of hydrogen-bond acceptors (Lipinski definition) is 4. The van der Waals surface area contributed by atoms with Crippen molar-refractivity contribution in [1.82, 2.24) is 10.3 Å². The smallest absolute Gasteiger partial charge is 0.174 e. The summed E-state index contributed by atoms with van der Waals surface area (Å²) in [5, 5.41) is 12.0. The third-order valence-corrected chi connectivity index (χ3v) is 2.99. The van der Waals surface area contributed by atoms with Crippen molar-refractivity contribution < 1.29 is 4.74 Å². The Labute approximate surface area is 119 Å². The summed E-state index contributed by atoms with van der Waals surface area (Å²) < 4.78 is 5.41. The lowest BCUT2D eigenvalue weighted by Gasteiger charge is -2.15. The van der Waals surface area contributed by atoms with Gasteiger partial charge in [0, 0.05) is 24.3 Å². The first-order valence-corrected chi connectivity index (χ1v) is 6.53. The molecule has 20 heavy (non-hydrogen) atoms. The van der Waals surface area contributed by atoms with Crippen molar-refractivity contribution >= 4 is 0 Å². The molecule has 2 rings (SSSR count). The second-order valence-corrected chi connectivity index (χ2v) is 4.41. The minimum atomic E-state index is 0.0623. The van der Waals surface area contributed by atoms with Gasteiger partial charge in [0.25, 0.3) is 0 Å². The van der Waals surface area contributed by atoms with Crippen molar-refractivity contribution in [3.8, 4) is 11.8 Å². The van der Waals surface area contributed by atoms with Crippen LogP contribution in [0.1, 0.15) is 24.2 Å². The number of hydrogen-bond donors (Lipinski definition) is 1. The monoisotopic (exact) mass is 267 g/mol. The first-order chi connectivity index (χ1) is 9.81. The fraction of sp³-hybridized carbons (Fsp3) is 0.250. The minimum absolute atomic E-state index is 0.0623. The molecule has 4 heteroatoms. The molecule has 0 aliphatic rings. The molecule has 0 saturated carbocycles. The fourth-order valence-electron chi connectivity index (χ4n) is 1.90. The normalized spacial score (nSPS) is 11.6. The molecular weight excluding hydrogens is 250 g/mol. The molecule has 2 aromatic rings. The first-order valence-electron chi connectivity index (χ1n) is 6.53. The van der Waals surface area contributed by atoms with Gasteiger partial charge in [-0.05, 0) is 25.1 Å². The molecule has 0 saturated heterocycles. The van der Waals surface area contributed by atoms with Crippen molar-refractivity contribution in [3.05, 3.63) is 59.9 Å². The Morgan fingerprint density at radius 1 is 1.25 bits per heavy atom. The van der Waals surface area contributed by atoms with E-state index in [0.29, 0.717) is 6.54 Å². The number of nitrogens with zero attached hydrogens (tertiary/aromatic N) is 2. The van der Waals surface area contributed by atoms with Gasteiger partial charge in [0.05, 0.1) is 5.69 Å². The third-order valence-electron chi connectivity index (χ3n) is 2.99. The van der Waals surface area contributed by atoms with Crippen LogP contribution in [0.4, 0.5) is 0 Å². The molecule has 4 nitrogen and oxygen atoms in total. The number of para-hydroxylation sites is 1. The van der Waals surface area contributed by atoms with Crippen LogP contribution in [0.5, 0.6) is 5.75 Å². The second-order valence-electron chi connectivity index (χ2n) is 4.41. The molecule has 1 heterocycles. The molecule has 1 aromatic heterocycles. The Bertz CT molecular complexity index is 578. The maximum absolute atomic E-state index is 8.59. The van der Waals surface area contributed by atoms with E-state index in [1.165, 1.54) is 0 Å². The van der Waals surface area contributed by atoms with Gasteiger partial charge in [0.15, 0.2) is 6.61 Å². The summed E-state index contributed by atoms with van der Waals surface area (Å²) >= 11 is 0. The summed E-state index contributed by atoms with van der Waals surface area (Å²) in [6.45, 7) is 2.80. The highest BCUT2D eigenvalue weighted by Gasteiger charge is 2.08. The SMILES string of the molecule is C[C@H](NCc1ccccc1OCC#N)c1ccccn1. The van der Waals surface area contributed by atoms with E-state index >= 15 is 0 Å². The summed E-state index contributed by atoms with van der Waals surface area (Å²) in [5.74, 6) is 0.745. The topological polar surface area (TPSA) is 57.9 Å². The molecule has 0 unspecified atom stereocenters. The number of pyridine rings is 1. The van der Waals surface area contributed by atoms with Crippen molar-refractivity contribution in [3.63, 3.8) is 0 Å².